The van der Waals surface area contributed by atoms with Gasteiger partial charge in [-0.1, -0.05) is 87.4 Å². The third-order valence-electron chi connectivity index (χ3n) is 5.61. The lowest BCUT2D eigenvalue weighted by Gasteiger charge is -2.21. The number of carbonyl (C=O) groups is 2. The van der Waals surface area contributed by atoms with Crippen LogP contribution in [0, 0.1) is 0 Å². The second-order valence-electron chi connectivity index (χ2n) is 7.68. The molecule has 0 fully saturated rings. The zero-order chi connectivity index (χ0) is 21.1. The van der Waals surface area contributed by atoms with Crippen molar-refractivity contribution in [3.63, 3.8) is 0 Å². The Morgan fingerprint density at radius 2 is 1.00 bits per heavy atom. The average Bonchev–Trinajstić information content (AvgIpc) is 3.27. The molecule has 0 N–H and O–H groups in total. The number of hydrogen-bond donors (Lipinski definition) is 0. The highest BCUT2D eigenvalue weighted by Gasteiger charge is 2.44. The Bertz CT molecular complexity index is 918. The van der Waals surface area contributed by atoms with Crippen LogP contribution in [-0.4, -0.2) is 11.9 Å². The van der Waals surface area contributed by atoms with E-state index >= 15 is 0 Å². The van der Waals surface area contributed by atoms with Crippen LogP contribution in [0.2, 0.25) is 0 Å². The molecule has 0 radical (unpaired) electrons. The largest absolute Gasteiger partial charge is 0.449 e. The Balaban J connectivity index is 1.93. The molecule has 2 heterocycles. The first-order valence-corrected chi connectivity index (χ1v) is 10.6. The van der Waals surface area contributed by atoms with Gasteiger partial charge in [-0.2, -0.15) is 0 Å². The van der Waals surface area contributed by atoms with Crippen LogP contribution in [0.4, 0.5) is 0 Å². The molecule has 0 aliphatic carbocycles. The molecule has 4 heteroatoms. The molecule has 2 aliphatic heterocycles. The summed E-state index contributed by atoms with van der Waals surface area (Å²) in [7, 11) is 0. The second kappa shape index (κ2) is 8.70. The highest BCUT2D eigenvalue weighted by molar-refractivity contribution is 5.98. The van der Waals surface area contributed by atoms with Crippen LogP contribution < -0.4 is 0 Å². The fourth-order valence-electron chi connectivity index (χ4n) is 4.32. The summed E-state index contributed by atoms with van der Waals surface area (Å²) in [4.78, 5) is 25.8. The summed E-state index contributed by atoms with van der Waals surface area (Å²) in [5.74, 6) is -0.592. The van der Waals surface area contributed by atoms with E-state index in [0.29, 0.717) is 24.0 Å². The van der Waals surface area contributed by atoms with Gasteiger partial charge in [0.15, 0.2) is 12.2 Å². The number of rotatable bonds is 7. The predicted octanol–water partition coefficient (Wildman–Crippen LogP) is 5.78. The van der Waals surface area contributed by atoms with Gasteiger partial charge in [0.2, 0.25) is 0 Å². The van der Waals surface area contributed by atoms with Gasteiger partial charge in [-0.05, 0) is 24.0 Å². The SMILES string of the molecule is CCCC1=C(C2=C(CCC)C(=O)OC2c2ccccc2)C(c2ccccc2)OC1=O. The van der Waals surface area contributed by atoms with Crippen LogP contribution in [-0.2, 0) is 19.1 Å². The van der Waals surface area contributed by atoms with E-state index in [2.05, 4.69) is 0 Å². The Hall–Kier alpha value is -3.14. The topological polar surface area (TPSA) is 52.6 Å². The number of carbonyl (C=O) groups excluding carboxylic acids is 2. The molecule has 4 rings (SSSR count). The molecule has 0 saturated carbocycles. The third-order valence-corrected chi connectivity index (χ3v) is 5.61. The van der Waals surface area contributed by atoms with Gasteiger partial charge in [-0.25, -0.2) is 9.59 Å². The molecular weight excluding hydrogens is 376 g/mol. The normalized spacial score (nSPS) is 21.3. The van der Waals surface area contributed by atoms with E-state index in [-0.39, 0.29) is 11.9 Å². The van der Waals surface area contributed by atoms with Crippen LogP contribution in [0.3, 0.4) is 0 Å². The Labute approximate surface area is 177 Å². The number of esters is 2. The molecule has 2 unspecified atom stereocenters. The van der Waals surface area contributed by atoms with Crippen LogP contribution in [0.1, 0.15) is 62.9 Å². The van der Waals surface area contributed by atoms with E-state index in [0.717, 1.165) is 35.1 Å². The molecule has 30 heavy (non-hydrogen) atoms. The molecule has 0 saturated heterocycles. The van der Waals surface area contributed by atoms with Gasteiger partial charge in [0.05, 0.1) is 0 Å². The molecule has 2 aromatic rings. The average molecular weight is 402 g/mol. The maximum Gasteiger partial charge on any atom is 0.335 e. The van der Waals surface area contributed by atoms with E-state index in [1.165, 1.54) is 0 Å². The molecule has 2 aromatic carbocycles. The standard InChI is InChI=1S/C26H26O4/c1-3-11-19-21(23(29-25(19)27)17-13-7-5-8-14-17)22-20(12-4-2)26(28)30-24(22)18-15-9-6-10-16-18/h5-10,13-16,23-24H,3-4,11-12H2,1-2H3. The second-order valence-corrected chi connectivity index (χ2v) is 7.68. The molecule has 154 valence electrons. The minimum atomic E-state index is -0.525. The fourth-order valence-corrected chi connectivity index (χ4v) is 4.32. The Morgan fingerprint density at radius 3 is 1.33 bits per heavy atom. The summed E-state index contributed by atoms with van der Waals surface area (Å²) < 4.78 is 11.7. The van der Waals surface area contributed by atoms with Crippen molar-refractivity contribution < 1.29 is 19.1 Å². The van der Waals surface area contributed by atoms with Gasteiger partial charge in [0.25, 0.3) is 0 Å². The molecule has 0 aromatic heterocycles. The van der Waals surface area contributed by atoms with Crippen molar-refractivity contribution >= 4 is 11.9 Å². The number of benzene rings is 2. The summed E-state index contributed by atoms with van der Waals surface area (Å²) in [6, 6.07) is 19.5. The lowest BCUT2D eigenvalue weighted by atomic mass is 9.84. The minimum absolute atomic E-state index is 0.296. The zero-order valence-corrected chi connectivity index (χ0v) is 17.4. The lowest BCUT2D eigenvalue weighted by Crippen LogP contribution is -2.09. The van der Waals surface area contributed by atoms with Crippen LogP contribution >= 0.6 is 0 Å². The van der Waals surface area contributed by atoms with E-state index < -0.39 is 12.2 Å². The van der Waals surface area contributed by atoms with Crippen LogP contribution in [0.5, 0.6) is 0 Å². The lowest BCUT2D eigenvalue weighted by molar-refractivity contribution is -0.141. The van der Waals surface area contributed by atoms with E-state index in [9.17, 15) is 9.59 Å². The molecular formula is C26H26O4. The van der Waals surface area contributed by atoms with Crippen LogP contribution in [0.25, 0.3) is 0 Å². The quantitative estimate of drug-likeness (QED) is 0.551. The first kappa shape index (κ1) is 20.1. The molecule has 4 nitrogen and oxygen atoms in total. The number of ether oxygens (including phenoxy) is 2. The van der Waals surface area contributed by atoms with E-state index in [1.54, 1.807) is 0 Å². The molecule has 2 aliphatic rings. The summed E-state index contributed by atoms with van der Waals surface area (Å²) in [6.45, 7) is 4.08. The first-order chi connectivity index (χ1) is 14.7. The van der Waals surface area contributed by atoms with Crippen molar-refractivity contribution in [2.75, 3.05) is 0 Å². The summed E-state index contributed by atoms with van der Waals surface area (Å²) in [6.07, 6.45) is 1.80. The van der Waals surface area contributed by atoms with Gasteiger partial charge in [-0.15, -0.1) is 0 Å². The third kappa shape index (κ3) is 3.58. The Morgan fingerprint density at radius 1 is 0.633 bits per heavy atom. The summed E-state index contributed by atoms with van der Waals surface area (Å²) >= 11 is 0. The maximum atomic E-state index is 12.9. The molecule has 0 spiro atoms. The Kier molecular flexibility index (Phi) is 5.84. The predicted molar refractivity (Wildman–Crippen MR) is 114 cm³/mol. The van der Waals surface area contributed by atoms with Gasteiger partial charge in [0.1, 0.15) is 0 Å². The summed E-state index contributed by atoms with van der Waals surface area (Å²) in [5.41, 5.74) is 4.76. The monoisotopic (exact) mass is 402 g/mol. The van der Waals surface area contributed by atoms with Crippen molar-refractivity contribution in [3.8, 4) is 0 Å². The smallest absolute Gasteiger partial charge is 0.335 e. The highest BCUT2D eigenvalue weighted by Crippen LogP contribution is 2.50. The van der Waals surface area contributed by atoms with Gasteiger partial charge in [0, 0.05) is 22.3 Å². The zero-order valence-electron chi connectivity index (χ0n) is 17.4. The molecule has 2 atom stereocenters. The van der Waals surface area contributed by atoms with Crippen molar-refractivity contribution in [1.29, 1.82) is 0 Å². The van der Waals surface area contributed by atoms with E-state index in [4.69, 9.17) is 9.47 Å². The fraction of sp³-hybridized carbons (Fsp3) is 0.308. The molecule has 0 bridgehead atoms. The highest BCUT2D eigenvalue weighted by atomic mass is 16.6. The van der Waals surface area contributed by atoms with Crippen molar-refractivity contribution in [2.45, 2.75) is 51.7 Å². The maximum absolute atomic E-state index is 12.9. The van der Waals surface area contributed by atoms with Gasteiger partial charge in [-0.3, -0.25) is 0 Å². The first-order valence-electron chi connectivity index (χ1n) is 10.6. The number of hydrogen-bond acceptors (Lipinski definition) is 4. The van der Waals surface area contributed by atoms with Gasteiger partial charge >= 0.3 is 11.9 Å². The van der Waals surface area contributed by atoms with Crippen molar-refractivity contribution in [1.82, 2.24) is 0 Å². The van der Waals surface area contributed by atoms with E-state index in [1.807, 2.05) is 74.5 Å². The number of cyclic esters (lactones) is 2. The van der Waals surface area contributed by atoms with Crippen molar-refractivity contribution in [2.24, 2.45) is 0 Å². The molecule has 0 amide bonds. The van der Waals surface area contributed by atoms with Crippen LogP contribution in [0.15, 0.2) is 83.0 Å². The minimum Gasteiger partial charge on any atom is -0.449 e. The van der Waals surface area contributed by atoms with Gasteiger partial charge < -0.3 is 9.47 Å². The summed E-state index contributed by atoms with van der Waals surface area (Å²) in [5, 5.41) is 0. The van der Waals surface area contributed by atoms with Crippen molar-refractivity contribution in [3.05, 3.63) is 94.1 Å².